The Kier molecular flexibility index (Phi) is 6.95. The third-order valence-corrected chi connectivity index (χ3v) is 5.16. The summed E-state index contributed by atoms with van der Waals surface area (Å²) in [5, 5.41) is 2.16. The summed E-state index contributed by atoms with van der Waals surface area (Å²) in [5.74, 6) is 0.0307. The van der Waals surface area contributed by atoms with E-state index < -0.39 is 5.97 Å². The largest absolute Gasteiger partial charge is 0.484 e. The van der Waals surface area contributed by atoms with Gasteiger partial charge in [0.15, 0.2) is 6.61 Å². The van der Waals surface area contributed by atoms with Crippen LogP contribution < -0.4 is 9.64 Å². The Morgan fingerprint density at radius 3 is 2.33 bits per heavy atom. The van der Waals surface area contributed by atoms with Crippen LogP contribution in [-0.2, 0) is 16.1 Å². The molecule has 0 N–H and O–H groups in total. The van der Waals surface area contributed by atoms with Gasteiger partial charge in [0.05, 0.1) is 18.7 Å². The average Bonchev–Trinajstić information content (AvgIpc) is 2.86. The molecule has 166 valence electrons. The average molecular weight is 440 g/mol. The highest BCUT2D eigenvalue weighted by molar-refractivity contribution is 5.95. The van der Waals surface area contributed by atoms with Gasteiger partial charge in [0.25, 0.3) is 5.91 Å². The molecule has 0 atom stereocenters. The number of anilines is 1. The van der Waals surface area contributed by atoms with Gasteiger partial charge in [0.2, 0.25) is 0 Å². The number of amides is 1. The Labute approximate surface area is 192 Å². The molecule has 0 radical (unpaired) electrons. The Bertz CT molecular complexity index is 1240. The molecule has 0 spiro atoms. The zero-order valence-corrected chi connectivity index (χ0v) is 18.3. The van der Waals surface area contributed by atoms with Crippen molar-refractivity contribution in [2.24, 2.45) is 0 Å². The van der Waals surface area contributed by atoms with Crippen molar-refractivity contribution >= 4 is 28.3 Å². The maximum atomic E-state index is 13.2. The van der Waals surface area contributed by atoms with Crippen molar-refractivity contribution in [1.82, 2.24) is 4.98 Å². The molecule has 1 amide bonds. The SMILES string of the molecule is CCOC(=O)c1ccc(N(Cc2ccncc2)C(=O)COc2ccc3ccccc3c2)cc1. The Balaban J connectivity index is 1.53. The number of hydrogen-bond donors (Lipinski definition) is 0. The van der Waals surface area contributed by atoms with Gasteiger partial charge >= 0.3 is 5.97 Å². The highest BCUT2D eigenvalue weighted by Gasteiger charge is 2.18. The first-order chi connectivity index (χ1) is 16.1. The van der Waals surface area contributed by atoms with Crippen LogP contribution in [0, 0.1) is 0 Å². The van der Waals surface area contributed by atoms with Crippen LogP contribution in [0.3, 0.4) is 0 Å². The molecule has 0 fully saturated rings. The number of aromatic nitrogens is 1. The number of carbonyl (C=O) groups excluding carboxylic acids is 2. The van der Waals surface area contributed by atoms with Crippen LogP contribution in [0.1, 0.15) is 22.8 Å². The molecule has 33 heavy (non-hydrogen) atoms. The fourth-order valence-corrected chi connectivity index (χ4v) is 3.47. The number of ether oxygens (including phenoxy) is 2. The number of nitrogens with zero attached hydrogens (tertiary/aromatic N) is 2. The number of pyridine rings is 1. The van der Waals surface area contributed by atoms with Gasteiger partial charge in [-0.1, -0.05) is 30.3 Å². The van der Waals surface area contributed by atoms with Crippen molar-refractivity contribution in [3.05, 3.63) is 102 Å². The van der Waals surface area contributed by atoms with E-state index in [2.05, 4.69) is 4.98 Å². The molecule has 4 rings (SSSR count). The van der Waals surface area contributed by atoms with Gasteiger partial charge in [-0.05, 0) is 71.8 Å². The molecule has 0 saturated heterocycles. The van der Waals surface area contributed by atoms with E-state index in [-0.39, 0.29) is 12.5 Å². The molecule has 0 unspecified atom stereocenters. The number of esters is 1. The van der Waals surface area contributed by atoms with Gasteiger partial charge in [0, 0.05) is 18.1 Å². The maximum Gasteiger partial charge on any atom is 0.338 e. The Morgan fingerprint density at radius 2 is 1.61 bits per heavy atom. The molecule has 3 aromatic carbocycles. The summed E-state index contributed by atoms with van der Waals surface area (Å²) < 4.78 is 10.9. The number of hydrogen-bond acceptors (Lipinski definition) is 5. The molecule has 1 aromatic heterocycles. The highest BCUT2D eigenvalue weighted by atomic mass is 16.5. The number of carbonyl (C=O) groups is 2. The van der Waals surface area contributed by atoms with E-state index in [1.807, 2.05) is 54.6 Å². The molecule has 0 aliphatic rings. The highest BCUT2D eigenvalue weighted by Crippen LogP contribution is 2.22. The third-order valence-electron chi connectivity index (χ3n) is 5.16. The second-order valence-corrected chi connectivity index (χ2v) is 7.40. The normalized spacial score (nSPS) is 10.6. The van der Waals surface area contributed by atoms with Crippen LogP contribution in [0.25, 0.3) is 10.8 Å². The van der Waals surface area contributed by atoms with Gasteiger partial charge in [-0.25, -0.2) is 4.79 Å². The van der Waals surface area contributed by atoms with Gasteiger partial charge in [0.1, 0.15) is 5.75 Å². The monoisotopic (exact) mass is 440 g/mol. The van der Waals surface area contributed by atoms with E-state index in [9.17, 15) is 9.59 Å². The van der Waals surface area contributed by atoms with Crippen molar-refractivity contribution in [2.45, 2.75) is 13.5 Å². The first-order valence-corrected chi connectivity index (χ1v) is 10.7. The van der Waals surface area contributed by atoms with Crippen molar-refractivity contribution < 1.29 is 19.1 Å². The van der Waals surface area contributed by atoms with E-state index in [4.69, 9.17) is 9.47 Å². The molecule has 4 aromatic rings. The standard InChI is InChI=1S/C27H24N2O4/c1-2-32-27(31)22-7-10-24(11-8-22)29(18-20-13-15-28-16-14-20)26(30)19-33-25-12-9-21-5-3-4-6-23(21)17-25/h3-17H,2,18-19H2,1H3. The lowest BCUT2D eigenvalue weighted by molar-refractivity contribution is -0.120. The fourth-order valence-electron chi connectivity index (χ4n) is 3.47. The second-order valence-electron chi connectivity index (χ2n) is 7.40. The van der Waals surface area contributed by atoms with Crippen LogP contribution in [-0.4, -0.2) is 30.1 Å². The molecular formula is C27H24N2O4. The quantitative estimate of drug-likeness (QED) is 0.360. The minimum absolute atomic E-state index is 0.122. The summed E-state index contributed by atoms with van der Waals surface area (Å²) in [6.45, 7) is 2.29. The smallest absolute Gasteiger partial charge is 0.338 e. The first kappa shape index (κ1) is 22.0. The molecule has 6 heteroatoms. The van der Waals surface area contributed by atoms with Crippen LogP contribution in [0.2, 0.25) is 0 Å². The minimum Gasteiger partial charge on any atom is -0.484 e. The number of rotatable bonds is 8. The van der Waals surface area contributed by atoms with Gasteiger partial charge in [-0.15, -0.1) is 0 Å². The van der Waals surface area contributed by atoms with Crippen molar-refractivity contribution in [1.29, 1.82) is 0 Å². The zero-order chi connectivity index (χ0) is 23.0. The minimum atomic E-state index is -0.393. The van der Waals surface area contributed by atoms with E-state index in [0.717, 1.165) is 16.3 Å². The van der Waals surface area contributed by atoms with Crippen LogP contribution in [0.5, 0.6) is 5.75 Å². The predicted octanol–water partition coefficient (Wildman–Crippen LogP) is 5.02. The molecule has 0 aliphatic heterocycles. The zero-order valence-electron chi connectivity index (χ0n) is 18.3. The second kappa shape index (κ2) is 10.4. The molecule has 0 bridgehead atoms. The molecule has 6 nitrogen and oxygen atoms in total. The summed E-state index contributed by atoms with van der Waals surface area (Å²) in [5.41, 5.74) is 2.02. The molecule has 0 saturated carbocycles. The topological polar surface area (TPSA) is 68.7 Å². The maximum absolute atomic E-state index is 13.2. The van der Waals surface area contributed by atoms with Gasteiger partial charge < -0.3 is 14.4 Å². The summed E-state index contributed by atoms with van der Waals surface area (Å²) >= 11 is 0. The fraction of sp³-hybridized carbons (Fsp3) is 0.148. The number of fused-ring (bicyclic) bond motifs is 1. The van der Waals surface area contributed by atoms with E-state index in [1.54, 1.807) is 48.5 Å². The lowest BCUT2D eigenvalue weighted by Crippen LogP contribution is -2.34. The van der Waals surface area contributed by atoms with E-state index in [1.165, 1.54) is 0 Å². The third kappa shape index (κ3) is 5.54. The van der Waals surface area contributed by atoms with E-state index >= 15 is 0 Å². The van der Waals surface area contributed by atoms with Gasteiger partial charge in [-0.2, -0.15) is 0 Å². The summed E-state index contributed by atoms with van der Waals surface area (Å²) in [6.07, 6.45) is 3.38. The first-order valence-electron chi connectivity index (χ1n) is 10.7. The van der Waals surface area contributed by atoms with Gasteiger partial charge in [-0.3, -0.25) is 9.78 Å². The van der Waals surface area contributed by atoms with Crippen molar-refractivity contribution in [3.63, 3.8) is 0 Å². The molecule has 1 heterocycles. The summed E-state index contributed by atoms with van der Waals surface area (Å²) in [7, 11) is 0. The summed E-state index contributed by atoms with van der Waals surface area (Å²) in [4.78, 5) is 30.8. The predicted molar refractivity (Wildman–Crippen MR) is 127 cm³/mol. The summed E-state index contributed by atoms with van der Waals surface area (Å²) in [6, 6.07) is 24.2. The lowest BCUT2D eigenvalue weighted by atomic mass is 10.1. The molecular weight excluding hydrogens is 416 g/mol. The van der Waals surface area contributed by atoms with Crippen molar-refractivity contribution in [2.75, 3.05) is 18.1 Å². The van der Waals surface area contributed by atoms with E-state index in [0.29, 0.717) is 30.2 Å². The lowest BCUT2D eigenvalue weighted by Gasteiger charge is -2.23. The Morgan fingerprint density at radius 1 is 0.879 bits per heavy atom. The van der Waals surface area contributed by atoms with Crippen LogP contribution in [0.15, 0.2) is 91.3 Å². The molecule has 0 aliphatic carbocycles. The van der Waals surface area contributed by atoms with Crippen LogP contribution >= 0.6 is 0 Å². The van der Waals surface area contributed by atoms with Crippen molar-refractivity contribution in [3.8, 4) is 5.75 Å². The Hall–Kier alpha value is -4.19. The van der Waals surface area contributed by atoms with Crippen LogP contribution in [0.4, 0.5) is 5.69 Å². The number of benzene rings is 3.